The molecular formula is C24H19O11P. The highest BCUT2D eigenvalue weighted by molar-refractivity contribution is 7.48. The van der Waals surface area contributed by atoms with Crippen LogP contribution in [-0.2, 0) is 33.5 Å². The molecular weight excluding hydrogens is 495 g/mol. The van der Waals surface area contributed by atoms with Crippen LogP contribution in [0.2, 0.25) is 0 Å². The standard InChI is InChI=1S/C20H12O5.C4H7O6P/c21-11-5-7-15-17(9-11)24-18-10-12(22)6-8-16(18)20(15)14-4-2-1-3-13(14)19(23)25-20;1-3(5)9-11(7,8)10-4(2)6/h1-10,21-22H;1-2H3,(H,7,8). The number of rotatable bonds is 2. The Kier molecular flexibility index (Phi) is 6.21. The lowest BCUT2D eigenvalue weighted by atomic mass is 9.77. The van der Waals surface area contributed by atoms with Crippen LogP contribution in [0, 0.1) is 0 Å². The predicted octanol–water partition coefficient (Wildman–Crippen LogP) is 3.88. The third-order valence-corrected chi connectivity index (χ3v) is 6.14. The molecule has 11 nitrogen and oxygen atoms in total. The summed E-state index contributed by atoms with van der Waals surface area (Å²) in [6.45, 7) is 1.85. The molecule has 0 aromatic heterocycles. The van der Waals surface area contributed by atoms with Crippen molar-refractivity contribution < 1.29 is 52.6 Å². The van der Waals surface area contributed by atoms with Crippen LogP contribution in [0.4, 0.5) is 0 Å². The fraction of sp³-hybridized carbons (Fsp3) is 0.125. The van der Waals surface area contributed by atoms with Gasteiger partial charge in [-0.3, -0.25) is 14.5 Å². The molecule has 0 saturated carbocycles. The first kappa shape index (κ1) is 24.8. The molecule has 0 unspecified atom stereocenters. The van der Waals surface area contributed by atoms with Gasteiger partial charge in [0, 0.05) is 42.7 Å². The summed E-state index contributed by atoms with van der Waals surface area (Å²) >= 11 is 0. The number of carbonyl (C=O) groups excluding carboxylic acids is 3. The van der Waals surface area contributed by atoms with E-state index in [4.69, 9.17) is 14.4 Å². The van der Waals surface area contributed by atoms with E-state index in [2.05, 4.69) is 9.05 Å². The number of phosphoric ester groups is 1. The molecule has 186 valence electrons. The Bertz CT molecular complexity index is 1370. The Morgan fingerprint density at radius 3 is 1.83 bits per heavy atom. The van der Waals surface area contributed by atoms with Crippen molar-refractivity contribution in [3.8, 4) is 23.0 Å². The normalized spacial score (nSPS) is 14.1. The minimum absolute atomic E-state index is 0.0371. The van der Waals surface area contributed by atoms with Crippen LogP contribution < -0.4 is 4.74 Å². The van der Waals surface area contributed by atoms with E-state index in [1.807, 2.05) is 12.1 Å². The highest BCUT2D eigenvalue weighted by Crippen LogP contribution is 2.56. The first-order valence-electron chi connectivity index (χ1n) is 10.3. The van der Waals surface area contributed by atoms with Gasteiger partial charge in [-0.1, -0.05) is 18.2 Å². The van der Waals surface area contributed by atoms with Crippen molar-refractivity contribution >= 4 is 25.7 Å². The molecule has 0 amide bonds. The van der Waals surface area contributed by atoms with Gasteiger partial charge < -0.3 is 28.7 Å². The van der Waals surface area contributed by atoms with Gasteiger partial charge in [0.05, 0.1) is 5.56 Å². The molecule has 0 fully saturated rings. The predicted molar refractivity (Wildman–Crippen MR) is 121 cm³/mol. The topological polar surface area (TPSA) is 166 Å². The number of hydrogen-bond acceptors (Lipinski definition) is 10. The smallest absolute Gasteiger partial charge is 0.508 e. The van der Waals surface area contributed by atoms with Crippen LogP contribution in [-0.4, -0.2) is 33.0 Å². The molecule has 0 atom stereocenters. The Morgan fingerprint density at radius 2 is 1.33 bits per heavy atom. The molecule has 2 heterocycles. The average molecular weight is 514 g/mol. The molecule has 0 aliphatic carbocycles. The fourth-order valence-corrected chi connectivity index (χ4v) is 4.68. The zero-order valence-electron chi connectivity index (χ0n) is 18.8. The molecule has 5 rings (SSSR count). The monoisotopic (exact) mass is 514 g/mol. The molecule has 36 heavy (non-hydrogen) atoms. The number of carbonyl (C=O) groups is 3. The molecule has 2 aliphatic heterocycles. The lowest BCUT2D eigenvalue weighted by molar-refractivity contribution is -0.137. The van der Waals surface area contributed by atoms with Crippen LogP contribution >= 0.6 is 7.82 Å². The summed E-state index contributed by atoms with van der Waals surface area (Å²) in [6.07, 6.45) is 0. The van der Waals surface area contributed by atoms with E-state index in [-0.39, 0.29) is 11.5 Å². The van der Waals surface area contributed by atoms with Gasteiger partial charge in [-0.2, -0.15) is 0 Å². The van der Waals surface area contributed by atoms with E-state index in [0.29, 0.717) is 33.8 Å². The first-order chi connectivity index (χ1) is 16.9. The van der Waals surface area contributed by atoms with Crippen LogP contribution in [0.25, 0.3) is 0 Å². The maximum absolute atomic E-state index is 12.5. The minimum Gasteiger partial charge on any atom is -0.508 e. The molecule has 3 aromatic carbocycles. The van der Waals surface area contributed by atoms with Crippen molar-refractivity contribution in [2.75, 3.05) is 0 Å². The van der Waals surface area contributed by atoms with Gasteiger partial charge in [0.25, 0.3) is 0 Å². The van der Waals surface area contributed by atoms with Crippen molar-refractivity contribution in [1.29, 1.82) is 0 Å². The molecule has 1 spiro atoms. The van der Waals surface area contributed by atoms with Crippen LogP contribution in [0.5, 0.6) is 23.0 Å². The molecule has 12 heteroatoms. The Labute approximate surface area is 204 Å². The summed E-state index contributed by atoms with van der Waals surface area (Å²) < 4.78 is 29.8. The van der Waals surface area contributed by atoms with Crippen molar-refractivity contribution in [3.05, 3.63) is 82.9 Å². The highest BCUT2D eigenvalue weighted by atomic mass is 31.2. The van der Waals surface area contributed by atoms with Crippen molar-refractivity contribution in [3.63, 3.8) is 0 Å². The number of benzene rings is 3. The zero-order valence-corrected chi connectivity index (χ0v) is 19.7. The van der Waals surface area contributed by atoms with Gasteiger partial charge in [-0.05, 0) is 30.3 Å². The molecule has 2 aliphatic rings. The minimum atomic E-state index is -4.50. The van der Waals surface area contributed by atoms with Crippen LogP contribution in [0.3, 0.4) is 0 Å². The SMILES string of the molecule is CC(=O)OP(=O)(O)OC(C)=O.O=C1OC2(c3ccc(O)cc3Oc3cc(O)ccc32)c2ccccc21. The number of aromatic hydroxyl groups is 2. The number of ether oxygens (including phenoxy) is 2. The summed E-state index contributed by atoms with van der Waals surface area (Å²) in [5.74, 6) is -1.57. The Balaban J connectivity index is 0.000000237. The van der Waals surface area contributed by atoms with Crippen molar-refractivity contribution in [2.45, 2.75) is 19.4 Å². The van der Waals surface area contributed by atoms with Gasteiger partial charge in [0.1, 0.15) is 23.0 Å². The maximum Gasteiger partial charge on any atom is 0.589 e. The maximum atomic E-state index is 12.5. The number of phenolic OH excluding ortho intramolecular Hbond substituents is 2. The largest absolute Gasteiger partial charge is 0.589 e. The second kappa shape index (κ2) is 9.03. The lowest BCUT2D eigenvalue weighted by Crippen LogP contribution is -2.32. The van der Waals surface area contributed by atoms with Crippen molar-refractivity contribution in [2.24, 2.45) is 0 Å². The van der Waals surface area contributed by atoms with Gasteiger partial charge >= 0.3 is 25.7 Å². The Morgan fingerprint density at radius 1 is 0.833 bits per heavy atom. The number of phosphoric acid groups is 1. The third-order valence-electron chi connectivity index (χ3n) is 5.17. The van der Waals surface area contributed by atoms with E-state index in [1.165, 1.54) is 24.3 Å². The van der Waals surface area contributed by atoms with E-state index in [1.54, 1.807) is 24.3 Å². The van der Waals surface area contributed by atoms with Gasteiger partial charge in [-0.25, -0.2) is 9.36 Å². The summed E-state index contributed by atoms with van der Waals surface area (Å²) in [4.78, 5) is 41.2. The van der Waals surface area contributed by atoms with Gasteiger partial charge in [0.15, 0.2) is 5.60 Å². The van der Waals surface area contributed by atoms with E-state index in [0.717, 1.165) is 13.8 Å². The van der Waals surface area contributed by atoms with Gasteiger partial charge in [0.2, 0.25) is 0 Å². The highest BCUT2D eigenvalue weighted by Gasteiger charge is 2.53. The zero-order chi connectivity index (χ0) is 26.3. The molecule has 0 radical (unpaired) electrons. The number of fused-ring (bicyclic) bond motifs is 6. The van der Waals surface area contributed by atoms with E-state index >= 15 is 0 Å². The molecule has 0 bridgehead atoms. The second-order valence-electron chi connectivity index (χ2n) is 7.71. The van der Waals surface area contributed by atoms with Gasteiger partial charge in [-0.15, -0.1) is 0 Å². The van der Waals surface area contributed by atoms with E-state index < -0.39 is 31.3 Å². The first-order valence-corrected chi connectivity index (χ1v) is 11.8. The molecule has 3 aromatic rings. The summed E-state index contributed by atoms with van der Waals surface area (Å²) in [7, 11) is -4.50. The van der Waals surface area contributed by atoms with E-state index in [9.17, 15) is 29.2 Å². The fourth-order valence-electron chi connectivity index (χ4n) is 4.00. The summed E-state index contributed by atoms with van der Waals surface area (Å²) in [5, 5.41) is 19.7. The number of phenols is 2. The van der Waals surface area contributed by atoms with Crippen LogP contribution in [0.15, 0.2) is 60.7 Å². The number of esters is 1. The summed E-state index contributed by atoms with van der Waals surface area (Å²) in [5.41, 5.74) is 1.28. The van der Waals surface area contributed by atoms with Crippen LogP contribution in [0.1, 0.15) is 40.9 Å². The third kappa shape index (κ3) is 4.49. The lowest BCUT2D eigenvalue weighted by Gasteiger charge is -2.36. The second-order valence-corrected chi connectivity index (χ2v) is 9.02. The Hall–Kier alpha value is -4.34. The van der Waals surface area contributed by atoms with Crippen molar-refractivity contribution in [1.82, 2.24) is 0 Å². The molecule has 3 N–H and O–H groups in total. The number of hydrogen-bond donors (Lipinski definition) is 3. The quantitative estimate of drug-likeness (QED) is 0.335. The molecule has 0 saturated heterocycles. The summed E-state index contributed by atoms with van der Waals surface area (Å²) in [6, 6.07) is 16.6. The average Bonchev–Trinajstić information content (AvgIpc) is 3.05.